The standard InChI is InChI=1S/C13H10ClF3N2O2/c1-21-9-4-2-8(3-5-9)7-19-11(13(15,16)17)10(6-18-19)12(14)20/h2-6H,7H2,1H3. The molecule has 0 aliphatic carbocycles. The molecule has 0 radical (unpaired) electrons. The van der Waals surface area contributed by atoms with Crippen molar-refractivity contribution in [3.05, 3.63) is 47.3 Å². The van der Waals surface area contributed by atoms with Gasteiger partial charge in [-0.3, -0.25) is 9.48 Å². The number of benzene rings is 1. The van der Waals surface area contributed by atoms with Crippen LogP contribution in [0.25, 0.3) is 0 Å². The number of hydrogen-bond acceptors (Lipinski definition) is 3. The fourth-order valence-electron chi connectivity index (χ4n) is 1.85. The van der Waals surface area contributed by atoms with E-state index in [0.717, 1.165) is 6.20 Å². The second-order valence-electron chi connectivity index (χ2n) is 4.18. The highest BCUT2D eigenvalue weighted by molar-refractivity contribution is 6.67. The average molecular weight is 319 g/mol. The lowest BCUT2D eigenvalue weighted by molar-refractivity contribution is -0.144. The third-order valence-corrected chi connectivity index (χ3v) is 3.01. The second kappa shape index (κ2) is 5.77. The van der Waals surface area contributed by atoms with Gasteiger partial charge in [0.15, 0.2) is 5.69 Å². The molecule has 8 heteroatoms. The number of hydrogen-bond donors (Lipinski definition) is 0. The van der Waals surface area contributed by atoms with Crippen LogP contribution < -0.4 is 4.74 Å². The lowest BCUT2D eigenvalue weighted by Crippen LogP contribution is -2.18. The van der Waals surface area contributed by atoms with E-state index in [2.05, 4.69) is 5.10 Å². The summed E-state index contributed by atoms with van der Waals surface area (Å²) >= 11 is 5.16. The van der Waals surface area contributed by atoms with E-state index in [-0.39, 0.29) is 6.54 Å². The highest BCUT2D eigenvalue weighted by Crippen LogP contribution is 2.33. The molecule has 0 amide bonds. The molecule has 0 aliphatic heterocycles. The minimum atomic E-state index is -4.72. The Labute approximate surface area is 123 Å². The topological polar surface area (TPSA) is 44.1 Å². The van der Waals surface area contributed by atoms with Crippen LogP contribution in [0.4, 0.5) is 13.2 Å². The van der Waals surface area contributed by atoms with E-state index in [9.17, 15) is 18.0 Å². The predicted octanol–water partition coefficient (Wildman–Crippen LogP) is 3.34. The summed E-state index contributed by atoms with van der Waals surface area (Å²) in [5.41, 5.74) is -1.23. The average Bonchev–Trinajstić information content (AvgIpc) is 2.83. The fraction of sp³-hybridized carbons (Fsp3) is 0.231. The van der Waals surface area contributed by atoms with Crippen LogP contribution in [0.1, 0.15) is 21.6 Å². The molecule has 0 bridgehead atoms. The van der Waals surface area contributed by atoms with Crippen molar-refractivity contribution in [2.45, 2.75) is 12.7 Å². The number of carbonyl (C=O) groups excluding carboxylic acids is 1. The molecule has 0 aliphatic rings. The van der Waals surface area contributed by atoms with Crippen molar-refractivity contribution in [3.63, 3.8) is 0 Å². The SMILES string of the molecule is COc1ccc(Cn2ncc(C(=O)Cl)c2C(F)(F)F)cc1. The number of rotatable bonds is 4. The third-order valence-electron chi connectivity index (χ3n) is 2.81. The Bertz CT molecular complexity index is 650. The highest BCUT2D eigenvalue weighted by Gasteiger charge is 2.39. The molecule has 0 N–H and O–H groups in total. The Morgan fingerprint density at radius 3 is 2.43 bits per heavy atom. The number of aromatic nitrogens is 2. The van der Waals surface area contributed by atoms with E-state index < -0.39 is 22.7 Å². The molecule has 1 heterocycles. The van der Waals surface area contributed by atoms with Crippen molar-refractivity contribution in [1.82, 2.24) is 9.78 Å². The summed E-state index contributed by atoms with van der Waals surface area (Å²) in [7, 11) is 1.49. The van der Waals surface area contributed by atoms with Crippen LogP contribution in [-0.4, -0.2) is 22.1 Å². The summed E-state index contributed by atoms with van der Waals surface area (Å²) in [6.07, 6.45) is -3.90. The number of carbonyl (C=O) groups is 1. The smallest absolute Gasteiger partial charge is 0.433 e. The molecule has 21 heavy (non-hydrogen) atoms. The van der Waals surface area contributed by atoms with Crippen LogP contribution in [0.5, 0.6) is 5.75 Å². The molecular formula is C13H10ClF3N2O2. The lowest BCUT2D eigenvalue weighted by Gasteiger charge is -2.12. The first kappa shape index (κ1) is 15.4. The molecule has 0 spiro atoms. The van der Waals surface area contributed by atoms with Crippen LogP contribution >= 0.6 is 11.6 Å². The van der Waals surface area contributed by atoms with E-state index in [1.165, 1.54) is 7.11 Å². The molecule has 2 rings (SSSR count). The first-order chi connectivity index (χ1) is 9.82. The van der Waals surface area contributed by atoms with E-state index >= 15 is 0 Å². The number of alkyl halides is 3. The maximum Gasteiger partial charge on any atom is 0.433 e. The number of nitrogens with zero attached hydrogens (tertiary/aromatic N) is 2. The number of ether oxygens (including phenoxy) is 1. The molecule has 0 saturated carbocycles. The van der Waals surface area contributed by atoms with Gasteiger partial charge in [0.05, 0.1) is 25.4 Å². The van der Waals surface area contributed by atoms with Crippen LogP contribution in [0.15, 0.2) is 30.5 Å². The molecule has 2 aromatic rings. The van der Waals surface area contributed by atoms with E-state index in [0.29, 0.717) is 16.0 Å². The Morgan fingerprint density at radius 2 is 1.95 bits per heavy atom. The van der Waals surface area contributed by atoms with Crippen molar-refractivity contribution in [2.24, 2.45) is 0 Å². The van der Waals surface area contributed by atoms with Gasteiger partial charge in [0.25, 0.3) is 5.24 Å². The van der Waals surface area contributed by atoms with Crippen molar-refractivity contribution in [3.8, 4) is 5.75 Å². The normalized spacial score (nSPS) is 11.5. The van der Waals surface area contributed by atoms with Gasteiger partial charge in [-0.05, 0) is 29.3 Å². The quantitative estimate of drug-likeness (QED) is 0.812. The van der Waals surface area contributed by atoms with Crippen molar-refractivity contribution >= 4 is 16.8 Å². The summed E-state index contributed by atoms with van der Waals surface area (Å²) in [6, 6.07) is 6.48. The summed E-state index contributed by atoms with van der Waals surface area (Å²) in [6.45, 7) is -0.136. The zero-order valence-electron chi connectivity index (χ0n) is 10.8. The third kappa shape index (κ3) is 3.36. The molecule has 1 aromatic heterocycles. The first-order valence-corrected chi connectivity index (χ1v) is 6.16. The Hall–Kier alpha value is -2.02. The van der Waals surface area contributed by atoms with Gasteiger partial charge >= 0.3 is 6.18 Å². The zero-order valence-corrected chi connectivity index (χ0v) is 11.6. The summed E-state index contributed by atoms with van der Waals surface area (Å²) in [5.74, 6) is 0.590. The van der Waals surface area contributed by atoms with E-state index in [4.69, 9.17) is 16.3 Å². The highest BCUT2D eigenvalue weighted by atomic mass is 35.5. The molecule has 0 unspecified atom stereocenters. The van der Waals surface area contributed by atoms with Crippen LogP contribution in [0.2, 0.25) is 0 Å². The minimum absolute atomic E-state index is 0.136. The van der Waals surface area contributed by atoms with E-state index in [1.807, 2.05) is 0 Å². The van der Waals surface area contributed by atoms with Crippen LogP contribution in [0, 0.1) is 0 Å². The van der Waals surface area contributed by atoms with Gasteiger partial charge < -0.3 is 4.74 Å². The Morgan fingerprint density at radius 1 is 1.33 bits per heavy atom. The molecule has 0 fully saturated rings. The van der Waals surface area contributed by atoms with Gasteiger partial charge in [0.2, 0.25) is 0 Å². The number of methoxy groups -OCH3 is 1. The fourth-order valence-corrected chi connectivity index (χ4v) is 1.99. The number of halogens is 4. The predicted molar refractivity (Wildman–Crippen MR) is 69.5 cm³/mol. The maximum absolute atomic E-state index is 13.0. The molecule has 4 nitrogen and oxygen atoms in total. The van der Waals surface area contributed by atoms with Gasteiger partial charge in [0.1, 0.15) is 5.75 Å². The summed E-state index contributed by atoms with van der Waals surface area (Å²) in [5, 5.41) is 2.41. The van der Waals surface area contributed by atoms with Gasteiger partial charge in [-0.15, -0.1) is 0 Å². The summed E-state index contributed by atoms with van der Waals surface area (Å²) < 4.78 is 44.8. The minimum Gasteiger partial charge on any atom is -0.497 e. The Kier molecular flexibility index (Phi) is 4.22. The molecule has 112 valence electrons. The molecule has 0 saturated heterocycles. The van der Waals surface area contributed by atoms with E-state index in [1.54, 1.807) is 24.3 Å². The van der Waals surface area contributed by atoms with Gasteiger partial charge in [-0.2, -0.15) is 18.3 Å². The first-order valence-electron chi connectivity index (χ1n) is 5.78. The van der Waals surface area contributed by atoms with Crippen molar-refractivity contribution in [1.29, 1.82) is 0 Å². The molecule has 0 atom stereocenters. The van der Waals surface area contributed by atoms with Crippen molar-refractivity contribution in [2.75, 3.05) is 7.11 Å². The lowest BCUT2D eigenvalue weighted by atomic mass is 10.2. The molecular weight excluding hydrogens is 309 g/mol. The monoisotopic (exact) mass is 318 g/mol. The summed E-state index contributed by atoms with van der Waals surface area (Å²) in [4.78, 5) is 11.1. The van der Waals surface area contributed by atoms with Gasteiger partial charge in [-0.1, -0.05) is 12.1 Å². The largest absolute Gasteiger partial charge is 0.497 e. The van der Waals surface area contributed by atoms with Crippen LogP contribution in [0.3, 0.4) is 0 Å². The van der Waals surface area contributed by atoms with Crippen LogP contribution in [-0.2, 0) is 12.7 Å². The molecule has 1 aromatic carbocycles. The van der Waals surface area contributed by atoms with Gasteiger partial charge in [0, 0.05) is 0 Å². The second-order valence-corrected chi connectivity index (χ2v) is 4.53. The maximum atomic E-state index is 13.0. The zero-order chi connectivity index (χ0) is 15.6. The Balaban J connectivity index is 2.37. The van der Waals surface area contributed by atoms with Crippen molar-refractivity contribution < 1.29 is 22.7 Å². The van der Waals surface area contributed by atoms with Gasteiger partial charge in [-0.25, -0.2) is 0 Å².